The van der Waals surface area contributed by atoms with Gasteiger partial charge in [0.1, 0.15) is 5.75 Å². The van der Waals surface area contributed by atoms with Crippen LogP contribution < -0.4 is 4.74 Å². The van der Waals surface area contributed by atoms with E-state index in [0.29, 0.717) is 16.9 Å². The van der Waals surface area contributed by atoms with Crippen LogP contribution in [0, 0.1) is 13.8 Å². The molecule has 2 heteroatoms. The zero-order valence-corrected chi connectivity index (χ0v) is 14.2. The third kappa shape index (κ3) is 3.09. The second-order valence-electron chi connectivity index (χ2n) is 5.93. The van der Waals surface area contributed by atoms with E-state index in [9.17, 15) is 4.79 Å². The zero-order chi connectivity index (χ0) is 17.1. The second-order valence-corrected chi connectivity index (χ2v) is 5.93. The average Bonchev–Trinajstić information content (AvgIpc) is 2.61. The van der Waals surface area contributed by atoms with Gasteiger partial charge in [-0.05, 0) is 42.7 Å². The van der Waals surface area contributed by atoms with Gasteiger partial charge in [-0.1, -0.05) is 60.2 Å². The van der Waals surface area contributed by atoms with Gasteiger partial charge >= 0.3 is 0 Å². The van der Waals surface area contributed by atoms with Crippen molar-refractivity contribution in [2.24, 2.45) is 0 Å². The van der Waals surface area contributed by atoms with Crippen molar-refractivity contribution >= 4 is 5.78 Å². The first-order chi connectivity index (χ1) is 11.6. The van der Waals surface area contributed by atoms with Gasteiger partial charge in [0.2, 0.25) is 0 Å². The monoisotopic (exact) mass is 316 g/mol. The molecule has 0 bridgehead atoms. The minimum absolute atomic E-state index is 0.00843. The van der Waals surface area contributed by atoms with Crippen molar-refractivity contribution < 1.29 is 9.53 Å². The normalized spacial score (nSPS) is 10.5. The Morgan fingerprint density at radius 1 is 0.875 bits per heavy atom. The fraction of sp³-hybridized carbons (Fsp3) is 0.136. The number of carbonyl (C=O) groups is 1. The van der Waals surface area contributed by atoms with Gasteiger partial charge in [0.15, 0.2) is 5.78 Å². The highest BCUT2D eigenvalue weighted by Gasteiger charge is 2.17. The second kappa shape index (κ2) is 6.71. The molecule has 0 N–H and O–H groups in total. The zero-order valence-electron chi connectivity index (χ0n) is 14.2. The van der Waals surface area contributed by atoms with Gasteiger partial charge in [0.05, 0.1) is 7.11 Å². The maximum atomic E-state index is 13.1. The van der Waals surface area contributed by atoms with Gasteiger partial charge in [-0.15, -0.1) is 0 Å². The number of ketones is 1. The molecule has 24 heavy (non-hydrogen) atoms. The van der Waals surface area contributed by atoms with E-state index < -0.39 is 0 Å². The molecule has 0 spiro atoms. The number of rotatable bonds is 4. The third-order valence-electron chi connectivity index (χ3n) is 4.16. The van der Waals surface area contributed by atoms with Crippen molar-refractivity contribution in [2.45, 2.75) is 13.8 Å². The highest BCUT2D eigenvalue weighted by Crippen LogP contribution is 2.30. The largest absolute Gasteiger partial charge is 0.497 e. The number of benzene rings is 3. The number of hydrogen-bond acceptors (Lipinski definition) is 2. The first-order valence-corrected chi connectivity index (χ1v) is 7.95. The smallest absolute Gasteiger partial charge is 0.193 e. The van der Waals surface area contributed by atoms with Crippen LogP contribution in [0.3, 0.4) is 0 Å². The molecule has 0 aliphatic carbocycles. The lowest BCUT2D eigenvalue weighted by atomic mass is 9.90. The van der Waals surface area contributed by atoms with Crippen molar-refractivity contribution in [1.82, 2.24) is 0 Å². The molecular weight excluding hydrogens is 296 g/mol. The molecule has 0 unspecified atom stereocenters. The molecule has 0 aromatic heterocycles. The van der Waals surface area contributed by atoms with E-state index in [1.807, 2.05) is 49.4 Å². The molecule has 3 aromatic carbocycles. The van der Waals surface area contributed by atoms with Crippen molar-refractivity contribution in [3.05, 3.63) is 89.0 Å². The Labute approximate surface area is 142 Å². The molecule has 0 amide bonds. The van der Waals surface area contributed by atoms with E-state index in [4.69, 9.17) is 4.74 Å². The Bertz CT molecular complexity index is 894. The van der Waals surface area contributed by atoms with E-state index >= 15 is 0 Å². The summed E-state index contributed by atoms with van der Waals surface area (Å²) in [4.78, 5) is 13.1. The molecule has 0 aliphatic heterocycles. The molecule has 0 saturated heterocycles. The Balaban J connectivity index is 2.14. The summed E-state index contributed by atoms with van der Waals surface area (Å²) >= 11 is 0. The Morgan fingerprint density at radius 3 is 2.38 bits per heavy atom. The summed E-state index contributed by atoms with van der Waals surface area (Å²) in [5.41, 5.74) is 5.68. The summed E-state index contributed by atoms with van der Waals surface area (Å²) in [6, 6.07) is 21.4. The highest BCUT2D eigenvalue weighted by atomic mass is 16.5. The molecule has 120 valence electrons. The van der Waals surface area contributed by atoms with Crippen LogP contribution in [-0.4, -0.2) is 12.9 Å². The van der Waals surface area contributed by atoms with Gasteiger partial charge in [-0.25, -0.2) is 0 Å². The average molecular weight is 316 g/mol. The van der Waals surface area contributed by atoms with Crippen molar-refractivity contribution in [1.29, 1.82) is 0 Å². The van der Waals surface area contributed by atoms with Gasteiger partial charge in [0.25, 0.3) is 0 Å². The molecule has 0 radical (unpaired) electrons. The molecular formula is C22H20O2. The van der Waals surface area contributed by atoms with Crippen LogP contribution in [0.2, 0.25) is 0 Å². The Morgan fingerprint density at radius 2 is 1.62 bits per heavy atom. The van der Waals surface area contributed by atoms with Crippen LogP contribution in [-0.2, 0) is 0 Å². The van der Waals surface area contributed by atoms with E-state index in [0.717, 1.165) is 16.7 Å². The number of carbonyl (C=O) groups excluding carboxylic acids is 1. The van der Waals surface area contributed by atoms with E-state index in [-0.39, 0.29) is 5.78 Å². The molecule has 0 atom stereocenters. The summed E-state index contributed by atoms with van der Waals surface area (Å²) < 4.78 is 5.24. The predicted molar refractivity (Wildman–Crippen MR) is 97.8 cm³/mol. The highest BCUT2D eigenvalue weighted by molar-refractivity contribution is 6.13. The SMILES string of the molecule is COc1cccc(C(=O)c2cccc(C)c2-c2cccc(C)c2)c1. The van der Waals surface area contributed by atoms with Crippen molar-refractivity contribution in [3.8, 4) is 16.9 Å². The number of aryl methyl sites for hydroxylation is 2. The molecule has 0 heterocycles. The molecule has 0 fully saturated rings. The van der Waals surface area contributed by atoms with Crippen LogP contribution in [0.25, 0.3) is 11.1 Å². The van der Waals surface area contributed by atoms with Gasteiger partial charge in [-0.2, -0.15) is 0 Å². The minimum Gasteiger partial charge on any atom is -0.497 e. The van der Waals surface area contributed by atoms with Gasteiger partial charge < -0.3 is 4.74 Å². The van der Waals surface area contributed by atoms with Crippen LogP contribution in [0.5, 0.6) is 5.75 Å². The lowest BCUT2D eigenvalue weighted by Gasteiger charge is -2.13. The maximum absolute atomic E-state index is 13.1. The topological polar surface area (TPSA) is 26.3 Å². The quantitative estimate of drug-likeness (QED) is 0.618. The lowest BCUT2D eigenvalue weighted by Crippen LogP contribution is -2.05. The van der Waals surface area contributed by atoms with Crippen molar-refractivity contribution in [3.63, 3.8) is 0 Å². The fourth-order valence-electron chi connectivity index (χ4n) is 2.96. The molecule has 3 rings (SSSR count). The van der Waals surface area contributed by atoms with Crippen LogP contribution in [0.1, 0.15) is 27.0 Å². The summed E-state index contributed by atoms with van der Waals surface area (Å²) in [5, 5.41) is 0. The fourth-order valence-corrected chi connectivity index (χ4v) is 2.96. The van der Waals surface area contributed by atoms with Gasteiger partial charge in [-0.3, -0.25) is 4.79 Å². The van der Waals surface area contributed by atoms with Gasteiger partial charge in [0, 0.05) is 11.1 Å². The lowest BCUT2D eigenvalue weighted by molar-refractivity contribution is 0.103. The molecule has 0 aliphatic rings. The van der Waals surface area contributed by atoms with E-state index in [2.05, 4.69) is 25.1 Å². The summed E-state index contributed by atoms with van der Waals surface area (Å²) in [7, 11) is 1.61. The summed E-state index contributed by atoms with van der Waals surface area (Å²) in [6.07, 6.45) is 0. The predicted octanol–water partition coefficient (Wildman–Crippen LogP) is 5.21. The van der Waals surface area contributed by atoms with E-state index in [1.54, 1.807) is 13.2 Å². The van der Waals surface area contributed by atoms with Crippen LogP contribution in [0.4, 0.5) is 0 Å². The first-order valence-electron chi connectivity index (χ1n) is 7.95. The maximum Gasteiger partial charge on any atom is 0.193 e. The Kier molecular flexibility index (Phi) is 4.48. The molecule has 2 nitrogen and oxygen atoms in total. The standard InChI is InChI=1S/C22H20O2/c1-15-7-4-9-17(13-15)21-16(2)8-5-12-20(21)22(23)18-10-6-11-19(14-18)24-3/h4-14H,1-3H3. The summed E-state index contributed by atoms with van der Waals surface area (Å²) in [5.74, 6) is 0.694. The molecule has 3 aromatic rings. The number of ether oxygens (including phenoxy) is 1. The minimum atomic E-state index is 0.00843. The van der Waals surface area contributed by atoms with Crippen LogP contribution >= 0.6 is 0 Å². The van der Waals surface area contributed by atoms with Crippen LogP contribution in [0.15, 0.2) is 66.7 Å². The van der Waals surface area contributed by atoms with E-state index in [1.165, 1.54) is 5.56 Å². The number of hydrogen-bond donors (Lipinski definition) is 0. The van der Waals surface area contributed by atoms with Crippen molar-refractivity contribution in [2.75, 3.05) is 7.11 Å². The number of methoxy groups -OCH3 is 1. The summed E-state index contributed by atoms with van der Waals surface area (Å²) in [6.45, 7) is 4.10. The molecule has 0 saturated carbocycles. The Hall–Kier alpha value is -2.87. The first kappa shape index (κ1) is 16.0. The third-order valence-corrected chi connectivity index (χ3v) is 4.16.